The number of carbonyl (C=O) groups excluding carboxylic acids is 2. The minimum Gasteiger partial charge on any atom is -0.303 e. The molecule has 0 aromatic rings. The molecule has 128 valence electrons. The van der Waals surface area contributed by atoms with E-state index in [9.17, 15) is 9.59 Å². The third kappa shape index (κ3) is 2.19. The second-order valence-corrected chi connectivity index (χ2v) is 9.62. The first kappa shape index (κ1) is 15.8. The molecule has 7 atom stereocenters. The Labute approximate surface area is 140 Å². The molecular weight excluding hydrogens is 284 g/mol. The summed E-state index contributed by atoms with van der Waals surface area (Å²) in [6.45, 7) is 5.01. The summed E-state index contributed by atoms with van der Waals surface area (Å²) in [5, 5.41) is 0. The van der Waals surface area contributed by atoms with Gasteiger partial charge in [-0.3, -0.25) is 4.79 Å². The lowest BCUT2D eigenvalue weighted by Crippen LogP contribution is -2.53. The first-order valence-corrected chi connectivity index (χ1v) is 9.94. The van der Waals surface area contributed by atoms with E-state index in [1.807, 2.05) is 0 Å². The van der Waals surface area contributed by atoms with E-state index in [2.05, 4.69) is 13.8 Å². The van der Waals surface area contributed by atoms with Gasteiger partial charge in [0.15, 0.2) is 0 Å². The van der Waals surface area contributed by atoms with Crippen molar-refractivity contribution in [3.8, 4) is 0 Å². The Hall–Kier alpha value is -0.660. The van der Waals surface area contributed by atoms with Gasteiger partial charge in [0.1, 0.15) is 12.1 Å². The lowest BCUT2D eigenvalue weighted by atomic mass is 9.45. The second-order valence-electron chi connectivity index (χ2n) is 9.62. The van der Waals surface area contributed by atoms with Gasteiger partial charge in [0.2, 0.25) is 0 Å². The van der Waals surface area contributed by atoms with Crippen LogP contribution in [0, 0.1) is 40.4 Å². The topological polar surface area (TPSA) is 34.1 Å². The molecule has 23 heavy (non-hydrogen) atoms. The predicted octanol–water partition coefficient (Wildman–Crippen LogP) is 4.80. The molecule has 0 aliphatic heterocycles. The number of carbonyl (C=O) groups is 2. The number of aldehydes is 1. The molecule has 4 rings (SSSR count). The largest absolute Gasteiger partial charge is 0.303 e. The van der Waals surface area contributed by atoms with Crippen LogP contribution in [0.3, 0.4) is 0 Å². The third-order valence-corrected chi connectivity index (χ3v) is 9.06. The average Bonchev–Trinajstić information content (AvgIpc) is 2.85. The summed E-state index contributed by atoms with van der Waals surface area (Å²) in [6.07, 6.45) is 12.6. The fraction of sp³-hybridized carbons (Fsp3) is 0.905. The standard InChI is InChI=1S/C21H32O2/c1-20-11-8-19-17(18(20)6-4-14(20)9-12-22)5-3-15-13-16(23)7-10-21(15,19)2/h12,14-15,17-19H,3-11,13H2,1-2H3. The minimum absolute atomic E-state index is 0.412. The summed E-state index contributed by atoms with van der Waals surface area (Å²) >= 11 is 0. The maximum Gasteiger partial charge on any atom is 0.133 e. The van der Waals surface area contributed by atoms with Crippen molar-refractivity contribution in [1.82, 2.24) is 0 Å². The van der Waals surface area contributed by atoms with Gasteiger partial charge in [0.05, 0.1) is 0 Å². The van der Waals surface area contributed by atoms with Crippen molar-refractivity contribution in [3.05, 3.63) is 0 Å². The molecule has 0 radical (unpaired) electrons. The maximum absolute atomic E-state index is 11.9. The Bertz CT molecular complexity index is 512. The van der Waals surface area contributed by atoms with Crippen molar-refractivity contribution in [3.63, 3.8) is 0 Å². The zero-order valence-corrected chi connectivity index (χ0v) is 14.9. The summed E-state index contributed by atoms with van der Waals surface area (Å²) in [7, 11) is 0. The van der Waals surface area contributed by atoms with Crippen LogP contribution in [0.1, 0.15) is 78.1 Å². The van der Waals surface area contributed by atoms with Gasteiger partial charge in [-0.2, -0.15) is 0 Å². The first-order chi connectivity index (χ1) is 11.0. The molecule has 0 N–H and O–H groups in total. The molecule has 0 aromatic heterocycles. The Kier molecular flexibility index (Phi) is 3.74. The first-order valence-electron chi connectivity index (χ1n) is 9.94. The average molecular weight is 316 g/mol. The van der Waals surface area contributed by atoms with E-state index in [0.29, 0.717) is 28.4 Å². The van der Waals surface area contributed by atoms with E-state index in [4.69, 9.17) is 0 Å². The fourth-order valence-corrected chi connectivity index (χ4v) is 7.66. The van der Waals surface area contributed by atoms with E-state index < -0.39 is 0 Å². The lowest BCUT2D eigenvalue weighted by Gasteiger charge is -2.60. The summed E-state index contributed by atoms with van der Waals surface area (Å²) in [6, 6.07) is 0. The number of Topliss-reactive ketones (excluding diaryl/α,β-unsaturated/α-hetero) is 1. The molecule has 0 saturated heterocycles. The molecule has 0 heterocycles. The normalized spacial score (nSPS) is 52.4. The van der Waals surface area contributed by atoms with E-state index in [1.54, 1.807) is 0 Å². The SMILES string of the molecule is CC12CCC3C(CCC4CC(=O)CCC43C)C1CCC2CC=O. The lowest BCUT2D eigenvalue weighted by molar-refractivity contribution is -0.139. The smallest absolute Gasteiger partial charge is 0.133 e. The Morgan fingerprint density at radius 2 is 1.78 bits per heavy atom. The second kappa shape index (κ2) is 5.43. The number of fused-ring (bicyclic) bond motifs is 5. The molecule has 4 saturated carbocycles. The Morgan fingerprint density at radius 1 is 1.00 bits per heavy atom. The van der Waals surface area contributed by atoms with Gasteiger partial charge in [-0.05, 0) is 85.4 Å². The van der Waals surface area contributed by atoms with E-state index in [0.717, 1.165) is 49.7 Å². The molecule has 0 amide bonds. The van der Waals surface area contributed by atoms with Crippen LogP contribution in [0.15, 0.2) is 0 Å². The summed E-state index contributed by atoms with van der Waals surface area (Å²) in [5.41, 5.74) is 0.830. The number of rotatable bonds is 2. The molecular formula is C21H32O2. The predicted molar refractivity (Wildman–Crippen MR) is 90.9 cm³/mol. The summed E-state index contributed by atoms with van der Waals surface area (Å²) < 4.78 is 0. The molecule has 4 aliphatic rings. The molecule has 0 bridgehead atoms. The van der Waals surface area contributed by atoms with E-state index in [-0.39, 0.29) is 0 Å². The van der Waals surface area contributed by atoms with Crippen LogP contribution in [0.5, 0.6) is 0 Å². The quantitative estimate of drug-likeness (QED) is 0.686. The van der Waals surface area contributed by atoms with E-state index in [1.165, 1.54) is 38.5 Å². The molecule has 0 spiro atoms. The van der Waals surface area contributed by atoms with Gasteiger partial charge in [0, 0.05) is 19.3 Å². The van der Waals surface area contributed by atoms with Gasteiger partial charge in [-0.15, -0.1) is 0 Å². The van der Waals surface area contributed by atoms with Crippen molar-refractivity contribution >= 4 is 12.1 Å². The van der Waals surface area contributed by atoms with Crippen LogP contribution in [-0.2, 0) is 9.59 Å². The van der Waals surface area contributed by atoms with Crippen molar-refractivity contribution in [2.24, 2.45) is 40.4 Å². The van der Waals surface area contributed by atoms with E-state index >= 15 is 0 Å². The van der Waals surface area contributed by atoms with Gasteiger partial charge < -0.3 is 4.79 Å². The highest BCUT2D eigenvalue weighted by Gasteiger charge is 2.59. The molecule has 0 aromatic carbocycles. The van der Waals surface area contributed by atoms with Crippen LogP contribution in [0.25, 0.3) is 0 Å². The molecule has 2 heteroatoms. The van der Waals surface area contributed by atoms with Crippen LogP contribution in [0.4, 0.5) is 0 Å². The highest BCUT2D eigenvalue weighted by molar-refractivity contribution is 5.79. The fourth-order valence-electron chi connectivity index (χ4n) is 7.66. The van der Waals surface area contributed by atoms with Gasteiger partial charge in [-0.1, -0.05) is 13.8 Å². The Balaban J connectivity index is 1.60. The number of ketones is 1. The zero-order chi connectivity index (χ0) is 16.2. The van der Waals surface area contributed by atoms with Crippen molar-refractivity contribution in [2.45, 2.75) is 78.1 Å². The number of hydrogen-bond donors (Lipinski definition) is 0. The van der Waals surface area contributed by atoms with Crippen LogP contribution in [0.2, 0.25) is 0 Å². The summed E-state index contributed by atoms with van der Waals surface area (Å²) in [5.74, 6) is 4.33. The molecule has 4 aliphatic carbocycles. The molecule has 4 fully saturated rings. The van der Waals surface area contributed by atoms with Gasteiger partial charge in [-0.25, -0.2) is 0 Å². The Morgan fingerprint density at radius 3 is 2.57 bits per heavy atom. The minimum atomic E-state index is 0.412. The maximum atomic E-state index is 11.9. The monoisotopic (exact) mass is 316 g/mol. The van der Waals surface area contributed by atoms with Crippen molar-refractivity contribution < 1.29 is 9.59 Å². The highest BCUT2D eigenvalue weighted by atomic mass is 16.1. The van der Waals surface area contributed by atoms with Gasteiger partial charge in [0.25, 0.3) is 0 Å². The third-order valence-electron chi connectivity index (χ3n) is 9.06. The van der Waals surface area contributed by atoms with Crippen LogP contribution < -0.4 is 0 Å². The van der Waals surface area contributed by atoms with Crippen molar-refractivity contribution in [2.75, 3.05) is 0 Å². The summed E-state index contributed by atoms with van der Waals surface area (Å²) in [4.78, 5) is 23.0. The van der Waals surface area contributed by atoms with Crippen LogP contribution in [-0.4, -0.2) is 12.1 Å². The van der Waals surface area contributed by atoms with Crippen molar-refractivity contribution in [1.29, 1.82) is 0 Å². The van der Waals surface area contributed by atoms with Gasteiger partial charge >= 0.3 is 0 Å². The van der Waals surface area contributed by atoms with Crippen LogP contribution >= 0.6 is 0 Å². The number of hydrogen-bond acceptors (Lipinski definition) is 2. The highest BCUT2D eigenvalue weighted by Crippen LogP contribution is 2.67. The molecule has 7 unspecified atom stereocenters. The zero-order valence-electron chi connectivity index (χ0n) is 14.9. The molecule has 2 nitrogen and oxygen atoms in total.